The largest absolute Gasteiger partial charge is 0.467 e. The Bertz CT molecular complexity index is 573. The quantitative estimate of drug-likeness (QED) is 0.930. The fraction of sp³-hybridized carbons (Fsp3) is 0.273. The molecule has 0 unspecified atom stereocenters. The van der Waals surface area contributed by atoms with Crippen molar-refractivity contribution in [3.63, 3.8) is 0 Å². The Morgan fingerprint density at radius 2 is 2.26 bits per heavy atom. The fourth-order valence-electron chi connectivity index (χ4n) is 1.54. The van der Waals surface area contributed by atoms with Crippen LogP contribution in [0.5, 0.6) is 0 Å². The maximum Gasteiger partial charge on any atom is 0.435 e. The van der Waals surface area contributed by atoms with Crippen LogP contribution in [0.25, 0.3) is 0 Å². The molecule has 2 aromatic heterocycles. The van der Waals surface area contributed by atoms with Crippen LogP contribution in [0.15, 0.2) is 29.0 Å². The first-order valence-corrected chi connectivity index (χ1v) is 5.29. The van der Waals surface area contributed by atoms with E-state index < -0.39 is 23.3 Å². The molecule has 0 bridgehead atoms. The Morgan fingerprint density at radius 1 is 1.53 bits per heavy atom. The molecule has 2 rings (SSSR count). The van der Waals surface area contributed by atoms with Gasteiger partial charge in [-0.2, -0.15) is 18.3 Å². The SMILES string of the molecule is Cn1cc(C(=O)NCc2ccco2)c(C(F)(F)F)n1. The topological polar surface area (TPSA) is 60.1 Å². The number of rotatable bonds is 3. The summed E-state index contributed by atoms with van der Waals surface area (Å²) in [7, 11) is 1.32. The van der Waals surface area contributed by atoms with Crippen LogP contribution in [0.1, 0.15) is 21.8 Å². The van der Waals surface area contributed by atoms with E-state index in [4.69, 9.17) is 4.42 Å². The first-order chi connectivity index (χ1) is 8.88. The number of aromatic nitrogens is 2. The maximum absolute atomic E-state index is 12.7. The minimum atomic E-state index is -4.67. The third-order valence-corrected chi connectivity index (χ3v) is 2.35. The van der Waals surface area contributed by atoms with Crippen LogP contribution in [0.2, 0.25) is 0 Å². The Hall–Kier alpha value is -2.25. The first-order valence-electron chi connectivity index (χ1n) is 5.29. The molecule has 0 atom stereocenters. The van der Waals surface area contributed by atoms with Crippen LogP contribution in [-0.4, -0.2) is 15.7 Å². The lowest BCUT2D eigenvalue weighted by Crippen LogP contribution is -2.25. The van der Waals surface area contributed by atoms with E-state index in [2.05, 4.69) is 10.4 Å². The predicted octanol–water partition coefficient (Wildman–Crippen LogP) is 1.96. The molecule has 19 heavy (non-hydrogen) atoms. The average Bonchev–Trinajstić information content (AvgIpc) is 2.93. The zero-order valence-corrected chi connectivity index (χ0v) is 9.86. The van der Waals surface area contributed by atoms with Gasteiger partial charge in [0.25, 0.3) is 5.91 Å². The highest BCUT2D eigenvalue weighted by Gasteiger charge is 2.38. The van der Waals surface area contributed by atoms with Crippen LogP contribution < -0.4 is 5.32 Å². The smallest absolute Gasteiger partial charge is 0.435 e. The van der Waals surface area contributed by atoms with Gasteiger partial charge in [-0.3, -0.25) is 9.48 Å². The Morgan fingerprint density at radius 3 is 2.84 bits per heavy atom. The summed E-state index contributed by atoms with van der Waals surface area (Å²) in [5.74, 6) is -0.400. The van der Waals surface area contributed by atoms with Crippen molar-refractivity contribution in [2.75, 3.05) is 0 Å². The normalized spacial score (nSPS) is 11.6. The van der Waals surface area contributed by atoms with E-state index in [0.717, 1.165) is 10.9 Å². The molecule has 0 aliphatic rings. The van der Waals surface area contributed by atoms with Crippen LogP contribution in [0.4, 0.5) is 13.2 Å². The average molecular weight is 273 g/mol. The monoisotopic (exact) mass is 273 g/mol. The summed E-state index contributed by atoms with van der Waals surface area (Å²) >= 11 is 0. The summed E-state index contributed by atoms with van der Waals surface area (Å²) in [4.78, 5) is 11.7. The van der Waals surface area contributed by atoms with Gasteiger partial charge in [0.05, 0.1) is 18.4 Å². The summed E-state index contributed by atoms with van der Waals surface area (Å²) in [6, 6.07) is 3.22. The summed E-state index contributed by atoms with van der Waals surface area (Å²) < 4.78 is 43.9. The number of hydrogen-bond acceptors (Lipinski definition) is 3. The third kappa shape index (κ3) is 2.95. The van der Waals surface area contributed by atoms with Crippen LogP contribution in [0, 0.1) is 0 Å². The highest BCUT2D eigenvalue weighted by molar-refractivity contribution is 5.95. The number of nitrogens with zero attached hydrogens (tertiary/aromatic N) is 2. The van der Waals surface area contributed by atoms with Crippen molar-refractivity contribution in [2.45, 2.75) is 12.7 Å². The molecule has 0 radical (unpaired) electrons. The van der Waals surface area contributed by atoms with Gasteiger partial charge >= 0.3 is 6.18 Å². The van der Waals surface area contributed by atoms with Crippen LogP contribution in [-0.2, 0) is 19.8 Å². The standard InChI is InChI=1S/C11H10F3N3O2/c1-17-6-8(9(16-17)11(12,13)14)10(18)15-5-7-3-2-4-19-7/h2-4,6H,5H2,1H3,(H,15,18). The minimum absolute atomic E-state index is 0.0119. The lowest BCUT2D eigenvalue weighted by molar-refractivity contribution is -0.141. The molecular weight excluding hydrogens is 263 g/mol. The van der Waals surface area contributed by atoms with E-state index >= 15 is 0 Å². The van der Waals surface area contributed by atoms with E-state index in [-0.39, 0.29) is 6.54 Å². The van der Waals surface area contributed by atoms with E-state index in [1.807, 2.05) is 0 Å². The molecule has 0 aliphatic heterocycles. The van der Waals surface area contributed by atoms with Crippen molar-refractivity contribution < 1.29 is 22.4 Å². The van der Waals surface area contributed by atoms with Crippen LogP contribution >= 0.6 is 0 Å². The molecule has 1 amide bonds. The Balaban J connectivity index is 2.15. The van der Waals surface area contributed by atoms with Crippen molar-refractivity contribution in [1.82, 2.24) is 15.1 Å². The van der Waals surface area contributed by atoms with Gasteiger partial charge in [0.15, 0.2) is 5.69 Å². The molecule has 2 aromatic rings. The lowest BCUT2D eigenvalue weighted by atomic mass is 10.2. The second kappa shape index (κ2) is 4.79. The summed E-state index contributed by atoms with van der Waals surface area (Å²) in [5.41, 5.74) is -1.71. The van der Waals surface area contributed by atoms with E-state index in [9.17, 15) is 18.0 Å². The van der Waals surface area contributed by atoms with Gasteiger partial charge in [-0.25, -0.2) is 0 Å². The molecule has 0 aliphatic carbocycles. The van der Waals surface area contributed by atoms with E-state index in [1.54, 1.807) is 12.1 Å². The molecule has 0 fully saturated rings. The molecule has 0 saturated carbocycles. The van der Waals surface area contributed by atoms with E-state index in [1.165, 1.54) is 13.3 Å². The van der Waals surface area contributed by atoms with Crippen molar-refractivity contribution >= 4 is 5.91 Å². The number of aryl methyl sites for hydroxylation is 1. The molecule has 0 saturated heterocycles. The number of hydrogen-bond donors (Lipinski definition) is 1. The molecule has 0 spiro atoms. The highest BCUT2D eigenvalue weighted by atomic mass is 19.4. The van der Waals surface area contributed by atoms with Gasteiger partial charge in [-0.05, 0) is 12.1 Å². The fourth-order valence-corrected chi connectivity index (χ4v) is 1.54. The molecule has 5 nitrogen and oxygen atoms in total. The Labute approximate surface area is 106 Å². The molecule has 8 heteroatoms. The number of amides is 1. The summed E-state index contributed by atoms with van der Waals surface area (Å²) in [5, 5.41) is 5.60. The van der Waals surface area contributed by atoms with Crippen molar-refractivity contribution in [3.05, 3.63) is 41.6 Å². The van der Waals surface area contributed by atoms with Gasteiger partial charge in [-0.15, -0.1) is 0 Å². The zero-order chi connectivity index (χ0) is 14.0. The van der Waals surface area contributed by atoms with Gasteiger partial charge in [0.2, 0.25) is 0 Å². The molecule has 2 heterocycles. The molecule has 0 aromatic carbocycles. The molecule has 102 valence electrons. The number of carbonyl (C=O) groups is 1. The number of furan rings is 1. The highest BCUT2D eigenvalue weighted by Crippen LogP contribution is 2.30. The predicted molar refractivity (Wildman–Crippen MR) is 58.1 cm³/mol. The Kier molecular flexibility index (Phi) is 3.32. The minimum Gasteiger partial charge on any atom is -0.467 e. The second-order valence-electron chi connectivity index (χ2n) is 3.82. The first kappa shape index (κ1) is 13.2. The number of nitrogens with one attached hydrogen (secondary N) is 1. The van der Waals surface area contributed by atoms with Crippen molar-refractivity contribution in [2.24, 2.45) is 7.05 Å². The van der Waals surface area contributed by atoms with Crippen LogP contribution in [0.3, 0.4) is 0 Å². The summed E-state index contributed by atoms with van der Waals surface area (Å²) in [6.45, 7) is 0.0119. The number of halogens is 3. The van der Waals surface area contributed by atoms with Crippen molar-refractivity contribution in [1.29, 1.82) is 0 Å². The molecule has 1 N–H and O–H groups in total. The van der Waals surface area contributed by atoms with Gasteiger partial charge in [-0.1, -0.05) is 0 Å². The van der Waals surface area contributed by atoms with Crippen molar-refractivity contribution in [3.8, 4) is 0 Å². The number of carbonyl (C=O) groups excluding carboxylic acids is 1. The van der Waals surface area contributed by atoms with Gasteiger partial charge in [0, 0.05) is 13.2 Å². The molecular formula is C11H10F3N3O2. The number of alkyl halides is 3. The lowest BCUT2D eigenvalue weighted by Gasteiger charge is -2.06. The van der Waals surface area contributed by atoms with E-state index in [0.29, 0.717) is 5.76 Å². The second-order valence-corrected chi connectivity index (χ2v) is 3.82. The van der Waals surface area contributed by atoms with Gasteiger partial charge < -0.3 is 9.73 Å². The maximum atomic E-state index is 12.7. The third-order valence-electron chi connectivity index (χ3n) is 2.35. The zero-order valence-electron chi connectivity index (χ0n) is 9.86. The summed E-state index contributed by atoms with van der Waals surface area (Å²) in [6.07, 6.45) is -2.23. The van der Waals surface area contributed by atoms with Gasteiger partial charge in [0.1, 0.15) is 5.76 Å².